The molecule has 60 heavy (non-hydrogen) atoms. The number of aryl methyl sites for hydroxylation is 8. The fraction of sp³-hybridized carbons (Fsp3) is 0.241. The molecule has 0 aliphatic heterocycles. The van der Waals surface area contributed by atoms with Gasteiger partial charge in [-0.1, -0.05) is 100 Å². The van der Waals surface area contributed by atoms with Crippen LogP contribution in [0.2, 0.25) is 0 Å². The minimum absolute atomic E-state index is 0.438. The van der Waals surface area contributed by atoms with E-state index in [1.54, 1.807) is 0 Å². The molecule has 0 fully saturated rings. The molecule has 2 nitrogen and oxygen atoms in total. The Bertz CT molecular complexity index is 2830. The van der Waals surface area contributed by atoms with Crippen LogP contribution in [-0.4, -0.2) is 0 Å². The standard InChI is InChI=1S/C58H58N2/c1-33(2)43-23-21-37(7)53(29-43)59(51-19-15-13-17-35(51)5)45-25-27-47-39(9)55-56-40(10)48-28-26-46(32-50(48)42(12)58(56)57(55)41(11)49(47)31-45)60(52-20-16-14-18-36(52)6)54-30-44(34(3)4)24-22-38(54)8/h13-34H,1-12H3. The van der Waals surface area contributed by atoms with E-state index in [9.17, 15) is 0 Å². The van der Waals surface area contributed by atoms with Gasteiger partial charge in [0, 0.05) is 34.1 Å². The van der Waals surface area contributed by atoms with Gasteiger partial charge >= 0.3 is 0 Å². The fourth-order valence-electron chi connectivity index (χ4n) is 9.99. The molecule has 0 amide bonds. The molecular formula is C58H58N2. The van der Waals surface area contributed by atoms with Gasteiger partial charge in [-0.25, -0.2) is 0 Å². The lowest BCUT2D eigenvalue weighted by Gasteiger charge is -2.35. The molecule has 0 spiro atoms. The number of rotatable bonds is 8. The van der Waals surface area contributed by atoms with Crippen molar-refractivity contribution in [2.75, 3.05) is 9.80 Å². The van der Waals surface area contributed by atoms with Crippen LogP contribution in [0.15, 0.2) is 121 Å². The van der Waals surface area contributed by atoms with Crippen molar-refractivity contribution in [2.24, 2.45) is 0 Å². The smallest absolute Gasteiger partial charge is 0.0493 e. The third kappa shape index (κ3) is 6.14. The van der Waals surface area contributed by atoms with E-state index in [1.807, 2.05) is 0 Å². The van der Waals surface area contributed by atoms with Crippen molar-refractivity contribution in [3.8, 4) is 22.3 Å². The van der Waals surface area contributed by atoms with E-state index in [0.717, 1.165) is 0 Å². The van der Waals surface area contributed by atoms with Crippen LogP contribution in [0.1, 0.15) is 95.2 Å². The molecule has 1 aliphatic carbocycles. The highest BCUT2D eigenvalue weighted by molar-refractivity contribution is 6.19. The summed E-state index contributed by atoms with van der Waals surface area (Å²) in [6.45, 7) is 27.5. The lowest BCUT2D eigenvalue weighted by molar-refractivity contribution is 0.865. The van der Waals surface area contributed by atoms with E-state index < -0.39 is 0 Å². The molecule has 2 heteroatoms. The van der Waals surface area contributed by atoms with Crippen LogP contribution in [0.5, 0.6) is 0 Å². The Hall–Kier alpha value is -6.12. The first-order valence-electron chi connectivity index (χ1n) is 21.8. The molecule has 8 aromatic rings. The second-order valence-corrected chi connectivity index (χ2v) is 18.1. The van der Waals surface area contributed by atoms with Crippen LogP contribution >= 0.6 is 0 Å². The molecule has 0 radical (unpaired) electrons. The van der Waals surface area contributed by atoms with E-state index in [4.69, 9.17) is 0 Å². The van der Waals surface area contributed by atoms with E-state index in [1.165, 1.54) is 134 Å². The summed E-state index contributed by atoms with van der Waals surface area (Å²) in [5.41, 5.74) is 26.1. The first kappa shape index (κ1) is 39.3. The fourth-order valence-corrected chi connectivity index (χ4v) is 9.99. The molecule has 0 heterocycles. The number of hydrogen-bond acceptors (Lipinski definition) is 2. The number of para-hydroxylation sites is 2. The van der Waals surface area contributed by atoms with Gasteiger partial charge in [0.05, 0.1) is 0 Å². The third-order valence-electron chi connectivity index (χ3n) is 13.6. The van der Waals surface area contributed by atoms with Gasteiger partial charge in [0.1, 0.15) is 0 Å². The quantitative estimate of drug-likeness (QED) is 0.151. The van der Waals surface area contributed by atoms with Crippen molar-refractivity contribution < 1.29 is 0 Å². The lowest BCUT2D eigenvalue weighted by Crippen LogP contribution is -2.14. The van der Waals surface area contributed by atoms with Gasteiger partial charge in [-0.15, -0.1) is 0 Å². The van der Waals surface area contributed by atoms with Crippen molar-refractivity contribution >= 4 is 55.7 Å². The predicted octanol–water partition coefficient (Wildman–Crippen LogP) is 17.3. The average Bonchev–Trinajstić information content (AvgIpc) is 3.22. The van der Waals surface area contributed by atoms with Crippen molar-refractivity contribution in [3.05, 3.63) is 177 Å². The van der Waals surface area contributed by atoms with Crippen LogP contribution < -0.4 is 9.80 Å². The summed E-state index contributed by atoms with van der Waals surface area (Å²) in [7, 11) is 0. The van der Waals surface area contributed by atoms with E-state index in [-0.39, 0.29) is 0 Å². The SMILES string of the molecule is Cc1ccccc1N(c1ccc2c(C)c3c(c(C)c2c1)-c1c-3c(C)c2ccc(N(c3ccccc3C)c3cc(C(C)C)ccc3C)cc2c1C)c1cc(C(C)C)ccc1C. The molecule has 0 atom stereocenters. The molecule has 300 valence electrons. The highest BCUT2D eigenvalue weighted by Crippen LogP contribution is 2.58. The molecule has 1 aliphatic rings. The summed E-state index contributed by atoms with van der Waals surface area (Å²) in [5.74, 6) is 0.876. The molecule has 0 unspecified atom stereocenters. The maximum atomic E-state index is 2.49. The van der Waals surface area contributed by atoms with Gasteiger partial charge in [-0.05, 0) is 215 Å². The first-order valence-corrected chi connectivity index (χ1v) is 21.8. The first-order chi connectivity index (χ1) is 28.8. The van der Waals surface area contributed by atoms with Crippen LogP contribution in [-0.2, 0) is 0 Å². The van der Waals surface area contributed by atoms with E-state index in [2.05, 4.69) is 214 Å². The number of fused-ring (bicyclic) bond motifs is 6. The van der Waals surface area contributed by atoms with Crippen molar-refractivity contribution in [3.63, 3.8) is 0 Å². The maximum Gasteiger partial charge on any atom is 0.0493 e. The number of nitrogens with zero attached hydrogens (tertiary/aromatic N) is 2. The van der Waals surface area contributed by atoms with Crippen LogP contribution in [0.4, 0.5) is 34.1 Å². The van der Waals surface area contributed by atoms with E-state index >= 15 is 0 Å². The molecule has 9 rings (SSSR count). The number of benzene rings is 8. The Morgan fingerprint density at radius 1 is 0.317 bits per heavy atom. The topological polar surface area (TPSA) is 6.48 Å². The molecule has 0 saturated heterocycles. The normalized spacial score (nSPS) is 12.0. The monoisotopic (exact) mass is 782 g/mol. The van der Waals surface area contributed by atoms with Gasteiger partial charge in [0.15, 0.2) is 0 Å². The van der Waals surface area contributed by atoms with Gasteiger partial charge in [-0.3, -0.25) is 0 Å². The van der Waals surface area contributed by atoms with Crippen LogP contribution in [0, 0.1) is 55.4 Å². The summed E-state index contributed by atoms with van der Waals surface area (Å²) in [6, 6.07) is 45.9. The van der Waals surface area contributed by atoms with Crippen LogP contribution in [0.3, 0.4) is 0 Å². The summed E-state index contributed by atoms with van der Waals surface area (Å²) >= 11 is 0. The van der Waals surface area contributed by atoms with Crippen LogP contribution in [0.25, 0.3) is 43.8 Å². The second-order valence-electron chi connectivity index (χ2n) is 18.1. The molecule has 0 saturated carbocycles. The molecule has 0 aromatic heterocycles. The highest BCUT2D eigenvalue weighted by Gasteiger charge is 2.34. The molecule has 0 N–H and O–H groups in total. The van der Waals surface area contributed by atoms with Crippen molar-refractivity contribution in [2.45, 2.75) is 94.9 Å². The summed E-state index contributed by atoms with van der Waals surface area (Å²) in [6.07, 6.45) is 0. The Kier molecular flexibility index (Phi) is 9.74. The third-order valence-corrected chi connectivity index (χ3v) is 13.6. The van der Waals surface area contributed by atoms with Gasteiger partial charge in [-0.2, -0.15) is 0 Å². The lowest BCUT2D eigenvalue weighted by atomic mass is 9.69. The zero-order chi connectivity index (χ0) is 42.3. The Labute approximate surface area is 358 Å². The van der Waals surface area contributed by atoms with E-state index in [0.29, 0.717) is 11.8 Å². The molecular weight excluding hydrogens is 725 g/mol. The van der Waals surface area contributed by atoms with Gasteiger partial charge in [0.2, 0.25) is 0 Å². The zero-order valence-electron chi connectivity index (χ0n) is 37.6. The summed E-state index contributed by atoms with van der Waals surface area (Å²) < 4.78 is 0. The molecule has 0 bridgehead atoms. The molecule has 8 aromatic carbocycles. The highest BCUT2D eigenvalue weighted by atomic mass is 15.2. The Balaban J connectivity index is 1.24. The van der Waals surface area contributed by atoms with Crippen molar-refractivity contribution in [1.29, 1.82) is 0 Å². The zero-order valence-corrected chi connectivity index (χ0v) is 37.6. The maximum absolute atomic E-state index is 2.49. The largest absolute Gasteiger partial charge is 0.310 e. The van der Waals surface area contributed by atoms with Gasteiger partial charge < -0.3 is 9.80 Å². The number of hydrogen-bond donors (Lipinski definition) is 0. The average molecular weight is 783 g/mol. The Morgan fingerprint density at radius 3 is 1.00 bits per heavy atom. The Morgan fingerprint density at radius 2 is 0.650 bits per heavy atom. The number of anilines is 6. The minimum atomic E-state index is 0.438. The van der Waals surface area contributed by atoms with Crippen molar-refractivity contribution in [1.82, 2.24) is 0 Å². The van der Waals surface area contributed by atoms with Gasteiger partial charge in [0.25, 0.3) is 0 Å². The summed E-state index contributed by atoms with van der Waals surface area (Å²) in [5, 5.41) is 5.31. The minimum Gasteiger partial charge on any atom is -0.310 e. The second kappa shape index (κ2) is 14.9. The summed E-state index contributed by atoms with van der Waals surface area (Å²) in [4.78, 5) is 4.97. The predicted molar refractivity (Wildman–Crippen MR) is 261 cm³/mol.